The third kappa shape index (κ3) is 2.50. The number of hydrogen-bond donors (Lipinski definition) is 2. The van der Waals surface area contributed by atoms with Gasteiger partial charge in [0.15, 0.2) is 0 Å². The first-order chi connectivity index (χ1) is 10.2. The van der Waals surface area contributed by atoms with E-state index in [-0.39, 0.29) is 11.9 Å². The molecule has 2 aliphatic heterocycles. The van der Waals surface area contributed by atoms with Gasteiger partial charge in [0.1, 0.15) is 0 Å². The minimum absolute atomic E-state index is 0.0524. The fourth-order valence-electron chi connectivity index (χ4n) is 2.71. The quantitative estimate of drug-likeness (QED) is 0.860. The molecular formula is C15H17N3O3. The number of nitrogens with zero attached hydrogens (tertiary/aromatic N) is 1. The maximum absolute atomic E-state index is 12.6. The Morgan fingerprint density at radius 2 is 2.05 bits per heavy atom. The van der Waals surface area contributed by atoms with Crippen molar-refractivity contribution in [1.29, 1.82) is 0 Å². The van der Waals surface area contributed by atoms with Crippen LogP contribution in [-0.2, 0) is 9.53 Å². The summed E-state index contributed by atoms with van der Waals surface area (Å²) in [5, 5.41) is 5.57. The fourth-order valence-corrected chi connectivity index (χ4v) is 2.71. The number of benzene rings is 1. The molecule has 0 aliphatic carbocycles. The van der Waals surface area contributed by atoms with Crippen LogP contribution in [0.2, 0.25) is 0 Å². The highest BCUT2D eigenvalue weighted by Gasteiger charge is 2.39. The number of ether oxygens (including phenoxy) is 1. The van der Waals surface area contributed by atoms with Gasteiger partial charge in [-0.3, -0.25) is 4.79 Å². The van der Waals surface area contributed by atoms with Gasteiger partial charge in [-0.1, -0.05) is 30.3 Å². The third-order valence-electron chi connectivity index (χ3n) is 3.72. The van der Waals surface area contributed by atoms with Gasteiger partial charge >= 0.3 is 6.03 Å². The van der Waals surface area contributed by atoms with Crippen LogP contribution in [0.25, 0.3) is 0 Å². The van der Waals surface area contributed by atoms with Crippen LogP contribution in [0.3, 0.4) is 0 Å². The van der Waals surface area contributed by atoms with Crippen LogP contribution in [0.1, 0.15) is 11.6 Å². The highest BCUT2D eigenvalue weighted by Crippen LogP contribution is 2.32. The Kier molecular flexibility index (Phi) is 3.62. The zero-order chi connectivity index (χ0) is 14.8. The van der Waals surface area contributed by atoms with Gasteiger partial charge in [-0.05, 0) is 5.56 Å². The molecule has 110 valence electrons. The molecule has 2 N–H and O–H groups in total. The molecule has 0 spiro atoms. The van der Waals surface area contributed by atoms with E-state index in [1.807, 2.05) is 30.3 Å². The zero-order valence-electron chi connectivity index (χ0n) is 11.8. The van der Waals surface area contributed by atoms with Crippen LogP contribution < -0.4 is 10.6 Å². The number of carbonyl (C=O) groups is 2. The van der Waals surface area contributed by atoms with Crippen molar-refractivity contribution in [2.24, 2.45) is 0 Å². The largest absolute Gasteiger partial charge is 0.383 e. The molecule has 0 radical (unpaired) electrons. The molecule has 1 aromatic rings. The number of hydrogen-bond acceptors (Lipinski definition) is 3. The van der Waals surface area contributed by atoms with Gasteiger partial charge in [-0.15, -0.1) is 0 Å². The molecule has 0 fully saturated rings. The molecule has 1 unspecified atom stereocenters. The second-order valence-corrected chi connectivity index (χ2v) is 5.05. The SMILES string of the molecule is COCCN1CC2=C(C1=O)C(c1ccccc1)NC(=O)N2. The summed E-state index contributed by atoms with van der Waals surface area (Å²) in [5.41, 5.74) is 2.22. The first-order valence-corrected chi connectivity index (χ1v) is 6.84. The average Bonchev–Trinajstić information content (AvgIpc) is 2.81. The van der Waals surface area contributed by atoms with Crippen LogP contribution in [0, 0.1) is 0 Å². The summed E-state index contributed by atoms with van der Waals surface area (Å²) < 4.78 is 5.02. The average molecular weight is 287 g/mol. The van der Waals surface area contributed by atoms with E-state index in [1.54, 1.807) is 12.0 Å². The summed E-state index contributed by atoms with van der Waals surface area (Å²) in [6, 6.07) is 8.85. The van der Waals surface area contributed by atoms with Crippen LogP contribution >= 0.6 is 0 Å². The fraction of sp³-hybridized carbons (Fsp3) is 0.333. The van der Waals surface area contributed by atoms with Crippen LogP contribution in [0.15, 0.2) is 41.6 Å². The lowest BCUT2D eigenvalue weighted by Gasteiger charge is -2.25. The molecule has 1 aromatic carbocycles. The van der Waals surface area contributed by atoms with Crippen molar-refractivity contribution in [3.05, 3.63) is 47.2 Å². The van der Waals surface area contributed by atoms with E-state index in [2.05, 4.69) is 10.6 Å². The number of rotatable bonds is 4. The number of nitrogens with one attached hydrogen (secondary N) is 2. The molecule has 21 heavy (non-hydrogen) atoms. The molecular weight excluding hydrogens is 270 g/mol. The Labute approximate surface area is 122 Å². The smallest absolute Gasteiger partial charge is 0.319 e. The molecule has 3 amide bonds. The normalized spacial score (nSPS) is 21.2. The Balaban J connectivity index is 1.90. The van der Waals surface area contributed by atoms with Gasteiger partial charge < -0.3 is 20.3 Å². The standard InChI is InChI=1S/C15H17N3O3/c1-21-8-7-18-9-11-12(14(18)19)13(17-15(20)16-11)10-5-3-2-4-6-10/h2-6,13H,7-9H2,1H3,(H2,16,17,20). The lowest BCUT2D eigenvalue weighted by atomic mass is 9.96. The first kappa shape index (κ1) is 13.6. The van der Waals surface area contributed by atoms with Crippen molar-refractivity contribution in [2.75, 3.05) is 26.8 Å². The summed E-state index contributed by atoms with van der Waals surface area (Å²) in [6.07, 6.45) is 0. The number of amides is 3. The summed E-state index contributed by atoms with van der Waals surface area (Å²) in [6.45, 7) is 1.41. The van der Waals surface area contributed by atoms with Gasteiger partial charge in [-0.2, -0.15) is 0 Å². The molecule has 6 nitrogen and oxygen atoms in total. The molecule has 0 bridgehead atoms. The molecule has 2 aliphatic rings. The van der Waals surface area contributed by atoms with Gasteiger partial charge in [0.05, 0.1) is 30.5 Å². The second-order valence-electron chi connectivity index (χ2n) is 5.05. The molecule has 3 rings (SSSR count). The lowest BCUT2D eigenvalue weighted by Crippen LogP contribution is -2.44. The van der Waals surface area contributed by atoms with E-state index < -0.39 is 6.04 Å². The molecule has 1 atom stereocenters. The minimum atomic E-state index is -0.394. The highest BCUT2D eigenvalue weighted by atomic mass is 16.5. The van der Waals surface area contributed by atoms with Crippen molar-refractivity contribution in [1.82, 2.24) is 15.5 Å². The van der Waals surface area contributed by atoms with Crippen molar-refractivity contribution < 1.29 is 14.3 Å². The van der Waals surface area contributed by atoms with Crippen molar-refractivity contribution >= 4 is 11.9 Å². The number of carbonyl (C=O) groups excluding carboxylic acids is 2. The maximum Gasteiger partial charge on any atom is 0.319 e. The molecule has 0 saturated heterocycles. The molecule has 6 heteroatoms. The van der Waals surface area contributed by atoms with E-state index in [0.717, 1.165) is 5.56 Å². The summed E-state index contributed by atoms with van der Waals surface area (Å²) in [4.78, 5) is 26.1. The van der Waals surface area contributed by atoms with Gasteiger partial charge in [0.2, 0.25) is 0 Å². The van der Waals surface area contributed by atoms with E-state index in [0.29, 0.717) is 31.0 Å². The van der Waals surface area contributed by atoms with E-state index in [9.17, 15) is 9.59 Å². The predicted octanol–water partition coefficient (Wildman–Crippen LogP) is 0.783. The van der Waals surface area contributed by atoms with Gasteiger partial charge in [0.25, 0.3) is 5.91 Å². The monoisotopic (exact) mass is 287 g/mol. The second kappa shape index (κ2) is 5.57. The topological polar surface area (TPSA) is 70.7 Å². The molecule has 0 aromatic heterocycles. The Morgan fingerprint density at radius 1 is 1.29 bits per heavy atom. The number of urea groups is 1. The van der Waals surface area contributed by atoms with Crippen molar-refractivity contribution in [2.45, 2.75) is 6.04 Å². The zero-order valence-corrected chi connectivity index (χ0v) is 11.8. The van der Waals surface area contributed by atoms with Crippen LogP contribution in [0.4, 0.5) is 4.79 Å². The number of methoxy groups -OCH3 is 1. The summed E-state index contributed by atoms with van der Waals surface area (Å²) in [5.74, 6) is -0.0524. The maximum atomic E-state index is 12.6. The minimum Gasteiger partial charge on any atom is -0.383 e. The Bertz CT molecular complexity index is 597. The van der Waals surface area contributed by atoms with Crippen LogP contribution in [0.5, 0.6) is 0 Å². The van der Waals surface area contributed by atoms with Gasteiger partial charge in [-0.25, -0.2) is 4.79 Å². The Morgan fingerprint density at radius 3 is 2.76 bits per heavy atom. The lowest BCUT2D eigenvalue weighted by molar-refractivity contribution is -0.126. The predicted molar refractivity (Wildman–Crippen MR) is 76.3 cm³/mol. The first-order valence-electron chi connectivity index (χ1n) is 6.84. The van der Waals surface area contributed by atoms with Crippen molar-refractivity contribution in [3.8, 4) is 0 Å². The summed E-state index contributed by atoms with van der Waals surface area (Å²) in [7, 11) is 1.60. The van der Waals surface area contributed by atoms with Gasteiger partial charge in [0, 0.05) is 13.7 Å². The van der Waals surface area contributed by atoms with Crippen molar-refractivity contribution in [3.63, 3.8) is 0 Å². The summed E-state index contributed by atoms with van der Waals surface area (Å²) >= 11 is 0. The highest BCUT2D eigenvalue weighted by molar-refractivity contribution is 6.01. The third-order valence-corrected chi connectivity index (χ3v) is 3.72. The van der Waals surface area contributed by atoms with E-state index in [1.165, 1.54) is 0 Å². The molecule has 0 saturated carbocycles. The van der Waals surface area contributed by atoms with E-state index in [4.69, 9.17) is 4.74 Å². The van der Waals surface area contributed by atoms with E-state index >= 15 is 0 Å². The Hall–Kier alpha value is -2.34. The van der Waals surface area contributed by atoms with Crippen LogP contribution in [-0.4, -0.2) is 43.6 Å². The molecule has 2 heterocycles.